The number of carbonyl (C=O) groups is 3. The standard InChI is InChI=1S/C29H40ClN5O3/c1-19(31-2)28(37)32-27(20-8-4-3-5-9-20)29(38)34-14-6-10-22(34)17-33-18-25(35-15-7-11-26(35)36)23-16-21(30)12-13-24(23)33/h12-13,16,18-20,22,27,31H,3-11,14-15,17H2,1-2H3,(H,32,37). The number of likely N-dealkylation sites (tertiary alicyclic amines) is 1. The van der Waals surface area contributed by atoms with E-state index in [9.17, 15) is 14.4 Å². The average molecular weight is 542 g/mol. The summed E-state index contributed by atoms with van der Waals surface area (Å²) in [6.07, 6.45) is 10.7. The first-order valence-electron chi connectivity index (χ1n) is 14.2. The summed E-state index contributed by atoms with van der Waals surface area (Å²) in [6.45, 7) is 3.88. The fourth-order valence-corrected chi connectivity index (χ4v) is 6.67. The van der Waals surface area contributed by atoms with Crippen molar-refractivity contribution in [1.82, 2.24) is 20.1 Å². The van der Waals surface area contributed by atoms with Crippen molar-refractivity contribution in [3.63, 3.8) is 0 Å². The number of likely N-dealkylation sites (N-methyl/N-ethyl adjacent to an activating group) is 1. The maximum atomic E-state index is 14.1. The summed E-state index contributed by atoms with van der Waals surface area (Å²) in [5.41, 5.74) is 1.91. The molecule has 3 unspecified atom stereocenters. The average Bonchev–Trinajstić information content (AvgIpc) is 3.65. The third-order valence-corrected chi connectivity index (χ3v) is 9.00. The second kappa shape index (κ2) is 11.7. The molecule has 8 nitrogen and oxygen atoms in total. The van der Waals surface area contributed by atoms with Crippen LogP contribution in [0.1, 0.15) is 64.7 Å². The number of fused-ring (bicyclic) bond motifs is 1. The van der Waals surface area contributed by atoms with Crippen LogP contribution >= 0.6 is 11.6 Å². The Bertz CT molecular complexity index is 1190. The fourth-order valence-electron chi connectivity index (χ4n) is 6.50. The van der Waals surface area contributed by atoms with Crippen molar-refractivity contribution >= 4 is 45.9 Å². The summed E-state index contributed by atoms with van der Waals surface area (Å²) >= 11 is 6.36. The van der Waals surface area contributed by atoms with Gasteiger partial charge in [0.2, 0.25) is 17.7 Å². The van der Waals surface area contributed by atoms with E-state index < -0.39 is 6.04 Å². The predicted molar refractivity (Wildman–Crippen MR) is 150 cm³/mol. The van der Waals surface area contributed by atoms with Gasteiger partial charge in [0.1, 0.15) is 6.04 Å². The van der Waals surface area contributed by atoms with Gasteiger partial charge in [0.05, 0.1) is 17.2 Å². The molecule has 3 fully saturated rings. The van der Waals surface area contributed by atoms with Gasteiger partial charge in [-0.15, -0.1) is 0 Å². The van der Waals surface area contributed by atoms with Crippen molar-refractivity contribution < 1.29 is 14.4 Å². The number of aromatic nitrogens is 1. The van der Waals surface area contributed by atoms with Crippen LogP contribution in [0.5, 0.6) is 0 Å². The molecule has 2 aliphatic heterocycles. The Morgan fingerprint density at radius 3 is 2.58 bits per heavy atom. The molecule has 206 valence electrons. The lowest BCUT2D eigenvalue weighted by Crippen LogP contribution is -2.56. The lowest BCUT2D eigenvalue weighted by molar-refractivity contribution is -0.139. The van der Waals surface area contributed by atoms with Crippen molar-refractivity contribution in [2.45, 2.75) is 89.4 Å². The molecule has 0 radical (unpaired) electrons. The molecule has 0 spiro atoms. The largest absolute Gasteiger partial charge is 0.343 e. The van der Waals surface area contributed by atoms with Gasteiger partial charge in [-0.05, 0) is 70.2 Å². The first kappa shape index (κ1) is 27.0. The number of anilines is 1. The molecule has 1 aromatic heterocycles. The van der Waals surface area contributed by atoms with Gasteiger partial charge in [0, 0.05) is 48.7 Å². The minimum Gasteiger partial charge on any atom is -0.343 e. The number of nitrogens with one attached hydrogen (secondary N) is 2. The normalized spacial score (nSPS) is 22.3. The van der Waals surface area contributed by atoms with E-state index in [0.717, 1.165) is 61.5 Å². The van der Waals surface area contributed by atoms with Crippen molar-refractivity contribution in [2.75, 3.05) is 25.0 Å². The lowest BCUT2D eigenvalue weighted by atomic mass is 9.83. The van der Waals surface area contributed by atoms with E-state index in [4.69, 9.17) is 11.6 Å². The van der Waals surface area contributed by atoms with E-state index in [1.54, 1.807) is 7.05 Å². The maximum absolute atomic E-state index is 14.1. The van der Waals surface area contributed by atoms with Crippen molar-refractivity contribution in [3.8, 4) is 0 Å². The van der Waals surface area contributed by atoms with Crippen LogP contribution in [-0.2, 0) is 20.9 Å². The van der Waals surface area contributed by atoms with E-state index in [2.05, 4.69) is 21.4 Å². The first-order chi connectivity index (χ1) is 18.4. The molecule has 1 aliphatic carbocycles. The predicted octanol–water partition coefficient (Wildman–Crippen LogP) is 4.09. The molecule has 1 aromatic carbocycles. The number of benzene rings is 1. The number of carbonyl (C=O) groups excluding carboxylic acids is 3. The second-order valence-corrected chi connectivity index (χ2v) is 11.6. The lowest BCUT2D eigenvalue weighted by Gasteiger charge is -2.35. The van der Waals surface area contributed by atoms with Crippen molar-refractivity contribution in [1.29, 1.82) is 0 Å². The quantitative estimate of drug-likeness (QED) is 0.527. The smallest absolute Gasteiger partial charge is 0.245 e. The SMILES string of the molecule is CNC(C)C(=O)NC(C(=O)N1CCCC1Cn1cc(N2CCCC2=O)c2cc(Cl)ccc21)C1CCCCC1. The molecule has 2 saturated heterocycles. The van der Waals surface area contributed by atoms with Crippen LogP contribution in [0.15, 0.2) is 24.4 Å². The van der Waals surface area contributed by atoms with Crippen molar-refractivity contribution in [3.05, 3.63) is 29.4 Å². The molecule has 2 N–H and O–H groups in total. The highest BCUT2D eigenvalue weighted by atomic mass is 35.5. The van der Waals surface area contributed by atoms with Gasteiger partial charge in [0.15, 0.2) is 0 Å². The van der Waals surface area contributed by atoms with Crippen LogP contribution in [0, 0.1) is 5.92 Å². The molecule has 3 atom stereocenters. The Labute approximate surface area is 230 Å². The topological polar surface area (TPSA) is 86.7 Å². The van der Waals surface area contributed by atoms with E-state index >= 15 is 0 Å². The Kier molecular flexibility index (Phi) is 8.29. The van der Waals surface area contributed by atoms with Gasteiger partial charge in [-0.3, -0.25) is 14.4 Å². The summed E-state index contributed by atoms with van der Waals surface area (Å²) in [7, 11) is 1.76. The van der Waals surface area contributed by atoms with Gasteiger partial charge in [0.25, 0.3) is 0 Å². The Morgan fingerprint density at radius 1 is 1.08 bits per heavy atom. The summed E-state index contributed by atoms with van der Waals surface area (Å²) < 4.78 is 2.18. The number of halogens is 1. The maximum Gasteiger partial charge on any atom is 0.245 e. The molecule has 3 aliphatic rings. The Hall–Kier alpha value is -2.58. The zero-order chi connectivity index (χ0) is 26.8. The number of hydrogen-bond donors (Lipinski definition) is 2. The van der Waals surface area contributed by atoms with E-state index in [0.29, 0.717) is 31.1 Å². The molecule has 38 heavy (non-hydrogen) atoms. The molecular weight excluding hydrogens is 502 g/mol. The highest BCUT2D eigenvalue weighted by Crippen LogP contribution is 2.35. The van der Waals surface area contributed by atoms with E-state index in [1.807, 2.05) is 34.9 Å². The number of rotatable bonds is 8. The van der Waals surface area contributed by atoms with Crippen LogP contribution in [0.2, 0.25) is 5.02 Å². The van der Waals surface area contributed by atoms with Crippen LogP contribution in [-0.4, -0.2) is 65.5 Å². The van der Waals surface area contributed by atoms with Gasteiger partial charge < -0.3 is 25.0 Å². The minimum atomic E-state index is -0.489. The molecule has 9 heteroatoms. The van der Waals surface area contributed by atoms with Crippen LogP contribution < -0.4 is 15.5 Å². The Balaban J connectivity index is 1.40. The summed E-state index contributed by atoms with van der Waals surface area (Å²) in [6, 6.07) is 5.01. The molecular formula is C29H40ClN5O3. The molecule has 3 amide bonds. The zero-order valence-corrected chi connectivity index (χ0v) is 23.3. The summed E-state index contributed by atoms with van der Waals surface area (Å²) in [5, 5.41) is 7.73. The highest BCUT2D eigenvalue weighted by molar-refractivity contribution is 6.31. The summed E-state index contributed by atoms with van der Waals surface area (Å²) in [4.78, 5) is 43.4. The molecule has 1 saturated carbocycles. The Morgan fingerprint density at radius 2 is 1.87 bits per heavy atom. The van der Waals surface area contributed by atoms with Gasteiger partial charge in [-0.2, -0.15) is 0 Å². The number of hydrogen-bond acceptors (Lipinski definition) is 4. The third-order valence-electron chi connectivity index (χ3n) is 8.77. The molecule has 5 rings (SSSR count). The number of amides is 3. The van der Waals surface area contributed by atoms with Gasteiger partial charge in [-0.1, -0.05) is 30.9 Å². The van der Waals surface area contributed by atoms with Crippen LogP contribution in [0.3, 0.4) is 0 Å². The second-order valence-electron chi connectivity index (χ2n) is 11.2. The zero-order valence-electron chi connectivity index (χ0n) is 22.5. The molecule has 0 bridgehead atoms. The first-order valence-corrected chi connectivity index (χ1v) is 14.6. The number of nitrogens with zero attached hydrogens (tertiary/aromatic N) is 3. The monoisotopic (exact) mass is 541 g/mol. The van der Waals surface area contributed by atoms with Crippen LogP contribution in [0.4, 0.5) is 5.69 Å². The van der Waals surface area contributed by atoms with Crippen LogP contribution in [0.25, 0.3) is 10.9 Å². The molecule has 2 aromatic rings. The van der Waals surface area contributed by atoms with Gasteiger partial charge in [-0.25, -0.2) is 0 Å². The highest BCUT2D eigenvalue weighted by Gasteiger charge is 2.39. The van der Waals surface area contributed by atoms with E-state index in [-0.39, 0.29) is 35.7 Å². The molecule has 3 heterocycles. The van der Waals surface area contributed by atoms with E-state index in [1.165, 1.54) is 6.42 Å². The summed E-state index contributed by atoms with van der Waals surface area (Å²) in [5.74, 6) is 0.238. The third kappa shape index (κ3) is 5.43. The van der Waals surface area contributed by atoms with Gasteiger partial charge >= 0.3 is 0 Å². The van der Waals surface area contributed by atoms with Crippen molar-refractivity contribution in [2.24, 2.45) is 5.92 Å². The fraction of sp³-hybridized carbons (Fsp3) is 0.621. The minimum absolute atomic E-state index is 0.0284.